The molecule has 0 fully saturated rings. The van der Waals surface area contributed by atoms with E-state index in [1.165, 1.54) is 0 Å². The van der Waals surface area contributed by atoms with E-state index >= 15 is 0 Å². The lowest BCUT2D eigenvalue weighted by molar-refractivity contribution is -0.134. The monoisotopic (exact) mass is 313 g/mol. The minimum atomic E-state index is -0.903. The van der Waals surface area contributed by atoms with Gasteiger partial charge in [-0.2, -0.15) is 0 Å². The van der Waals surface area contributed by atoms with Gasteiger partial charge in [0, 0.05) is 29.3 Å². The number of aliphatic carboxylic acids is 1. The molecule has 0 saturated heterocycles. The smallest absolute Gasteiger partial charge is 0.313 e. The van der Waals surface area contributed by atoms with Gasteiger partial charge in [-0.3, -0.25) is 9.59 Å². The van der Waals surface area contributed by atoms with E-state index in [-0.39, 0.29) is 17.6 Å². The molecule has 0 aliphatic carbocycles. The van der Waals surface area contributed by atoms with Crippen molar-refractivity contribution in [2.24, 2.45) is 5.73 Å². The van der Waals surface area contributed by atoms with Gasteiger partial charge < -0.3 is 15.4 Å². The summed E-state index contributed by atoms with van der Waals surface area (Å²) in [6.07, 6.45) is 1.90. The lowest BCUT2D eigenvalue weighted by Crippen LogP contribution is -2.36. The van der Waals surface area contributed by atoms with E-state index in [2.05, 4.69) is 4.98 Å². The number of amides is 1. The summed E-state index contributed by atoms with van der Waals surface area (Å²) in [6.45, 7) is 9.95. The highest BCUT2D eigenvalue weighted by atomic mass is 32.2. The van der Waals surface area contributed by atoms with Crippen molar-refractivity contribution in [3.63, 3.8) is 0 Å². The number of primary amides is 1. The van der Waals surface area contributed by atoms with Gasteiger partial charge in [0.15, 0.2) is 5.16 Å². The number of thioether (sulfide) groups is 1. The van der Waals surface area contributed by atoms with Gasteiger partial charge in [-0.15, -0.1) is 0 Å². The number of carboxylic acid groups (broad SMARTS) is 1. The van der Waals surface area contributed by atoms with Crippen LogP contribution in [0.4, 0.5) is 0 Å². The third-order valence-electron chi connectivity index (χ3n) is 3.03. The van der Waals surface area contributed by atoms with Crippen LogP contribution in [-0.4, -0.2) is 32.3 Å². The number of carboxylic acids is 1. The third-order valence-corrected chi connectivity index (χ3v) is 3.97. The van der Waals surface area contributed by atoms with E-state index in [1.54, 1.807) is 6.20 Å². The Bertz CT molecular complexity index is 544. The van der Waals surface area contributed by atoms with Gasteiger partial charge in [0.2, 0.25) is 5.91 Å². The van der Waals surface area contributed by atoms with Crippen LogP contribution < -0.4 is 5.73 Å². The number of rotatable bonds is 6. The van der Waals surface area contributed by atoms with E-state index < -0.39 is 17.4 Å². The molecular weight excluding hydrogens is 290 g/mol. The second-order valence-electron chi connectivity index (χ2n) is 6.65. The molecule has 0 aromatic carbocycles. The average molecular weight is 313 g/mol. The minimum absolute atomic E-state index is 0.0761. The van der Waals surface area contributed by atoms with Crippen molar-refractivity contribution in [2.75, 3.05) is 5.75 Å². The fraction of sp³-hybridized carbons (Fsp3) is 0.643. The molecule has 0 spiro atoms. The summed E-state index contributed by atoms with van der Waals surface area (Å²) in [4.78, 5) is 26.5. The zero-order valence-corrected chi connectivity index (χ0v) is 14.0. The van der Waals surface area contributed by atoms with Crippen LogP contribution in [0.3, 0.4) is 0 Å². The standard InChI is InChI=1S/C14H23N3O3S/c1-13(2,3)9-7-16-12(21-8-11(19)20)17(9)14(4,5)6-10(15)18/h7H,6,8H2,1-5H3,(H2,15,18)(H,19,20). The van der Waals surface area contributed by atoms with Crippen molar-refractivity contribution in [1.29, 1.82) is 0 Å². The fourth-order valence-electron chi connectivity index (χ4n) is 2.18. The highest BCUT2D eigenvalue weighted by Gasteiger charge is 2.32. The molecule has 6 nitrogen and oxygen atoms in total. The lowest BCUT2D eigenvalue weighted by atomic mass is 9.90. The Hall–Kier alpha value is -1.50. The van der Waals surface area contributed by atoms with Crippen LogP contribution >= 0.6 is 11.8 Å². The van der Waals surface area contributed by atoms with Crippen LogP contribution in [0, 0.1) is 0 Å². The molecule has 1 heterocycles. The molecular formula is C14H23N3O3S. The topological polar surface area (TPSA) is 98.2 Å². The molecule has 1 amide bonds. The first-order valence-corrected chi connectivity index (χ1v) is 7.65. The minimum Gasteiger partial charge on any atom is -0.481 e. The summed E-state index contributed by atoms with van der Waals surface area (Å²) in [5.41, 5.74) is 5.55. The maximum atomic E-state index is 11.3. The van der Waals surface area contributed by atoms with Crippen molar-refractivity contribution < 1.29 is 14.7 Å². The molecule has 0 unspecified atom stereocenters. The highest BCUT2D eigenvalue weighted by Crippen LogP contribution is 2.34. The van der Waals surface area contributed by atoms with E-state index in [9.17, 15) is 9.59 Å². The summed E-state index contributed by atoms with van der Waals surface area (Å²) in [5, 5.41) is 9.44. The van der Waals surface area contributed by atoms with Crippen molar-refractivity contribution in [2.45, 2.75) is 57.1 Å². The summed E-state index contributed by atoms with van der Waals surface area (Å²) < 4.78 is 1.94. The Labute approximate surface area is 129 Å². The predicted octanol–water partition coefficient (Wildman–Crippen LogP) is 1.97. The van der Waals surface area contributed by atoms with Crippen molar-refractivity contribution in [3.05, 3.63) is 11.9 Å². The van der Waals surface area contributed by atoms with Crippen molar-refractivity contribution >= 4 is 23.6 Å². The predicted molar refractivity (Wildman–Crippen MR) is 82.4 cm³/mol. The number of carbonyl (C=O) groups excluding carboxylic acids is 1. The van der Waals surface area contributed by atoms with E-state index in [0.717, 1.165) is 17.5 Å². The second-order valence-corrected chi connectivity index (χ2v) is 7.59. The zero-order chi connectivity index (χ0) is 16.4. The Kier molecular flexibility index (Phi) is 5.09. The van der Waals surface area contributed by atoms with Gasteiger partial charge in [0.05, 0.1) is 5.75 Å². The summed E-state index contributed by atoms with van der Waals surface area (Å²) in [6, 6.07) is 0. The van der Waals surface area contributed by atoms with Crippen LogP contribution in [0.15, 0.2) is 11.4 Å². The Morgan fingerprint density at radius 2 is 1.90 bits per heavy atom. The molecule has 0 radical (unpaired) electrons. The largest absolute Gasteiger partial charge is 0.481 e. The second kappa shape index (κ2) is 6.09. The first kappa shape index (κ1) is 17.6. The Balaban J connectivity index is 3.31. The number of hydrogen-bond acceptors (Lipinski definition) is 4. The van der Waals surface area contributed by atoms with Gasteiger partial charge >= 0.3 is 5.97 Å². The van der Waals surface area contributed by atoms with Crippen LogP contribution in [0.2, 0.25) is 0 Å². The van der Waals surface area contributed by atoms with Gasteiger partial charge in [0.1, 0.15) is 0 Å². The van der Waals surface area contributed by atoms with Crippen LogP contribution in [0.25, 0.3) is 0 Å². The van der Waals surface area contributed by atoms with E-state index in [0.29, 0.717) is 5.16 Å². The molecule has 1 aromatic rings. The van der Waals surface area contributed by atoms with Crippen LogP contribution in [-0.2, 0) is 20.5 Å². The molecule has 118 valence electrons. The first-order chi connectivity index (χ1) is 9.45. The maximum Gasteiger partial charge on any atom is 0.313 e. The molecule has 7 heteroatoms. The van der Waals surface area contributed by atoms with Crippen LogP contribution in [0.5, 0.6) is 0 Å². The molecule has 21 heavy (non-hydrogen) atoms. The maximum absolute atomic E-state index is 11.3. The van der Waals surface area contributed by atoms with Gasteiger partial charge in [-0.1, -0.05) is 32.5 Å². The quantitative estimate of drug-likeness (QED) is 0.782. The normalized spacial score (nSPS) is 12.4. The van der Waals surface area contributed by atoms with Gasteiger partial charge in [-0.05, 0) is 13.8 Å². The highest BCUT2D eigenvalue weighted by molar-refractivity contribution is 7.99. The molecule has 0 saturated carbocycles. The summed E-state index contributed by atoms with van der Waals surface area (Å²) in [7, 11) is 0. The molecule has 1 rings (SSSR count). The Morgan fingerprint density at radius 1 is 1.33 bits per heavy atom. The van der Waals surface area contributed by atoms with Crippen LogP contribution in [0.1, 0.15) is 46.7 Å². The molecule has 1 aromatic heterocycles. The number of hydrogen-bond donors (Lipinski definition) is 2. The summed E-state index contributed by atoms with van der Waals surface area (Å²) in [5.74, 6) is -1.38. The first-order valence-electron chi connectivity index (χ1n) is 6.67. The number of nitrogens with two attached hydrogens (primary N) is 1. The zero-order valence-electron chi connectivity index (χ0n) is 13.1. The van der Waals surface area contributed by atoms with E-state index in [4.69, 9.17) is 10.8 Å². The van der Waals surface area contributed by atoms with Gasteiger partial charge in [-0.25, -0.2) is 4.98 Å². The number of nitrogens with zero attached hydrogens (tertiary/aromatic N) is 2. The number of aromatic nitrogens is 2. The van der Waals surface area contributed by atoms with Gasteiger partial charge in [0.25, 0.3) is 0 Å². The number of carbonyl (C=O) groups is 2. The molecule has 0 aliphatic rings. The van der Waals surface area contributed by atoms with E-state index in [1.807, 2.05) is 39.2 Å². The van der Waals surface area contributed by atoms with Crippen molar-refractivity contribution in [1.82, 2.24) is 9.55 Å². The molecule has 0 bridgehead atoms. The average Bonchev–Trinajstić information content (AvgIpc) is 2.68. The Morgan fingerprint density at radius 3 is 2.33 bits per heavy atom. The lowest BCUT2D eigenvalue weighted by Gasteiger charge is -2.33. The number of imidazole rings is 1. The molecule has 0 aliphatic heterocycles. The SMILES string of the molecule is CC(C)(C)c1cnc(SCC(=O)O)n1C(C)(C)CC(N)=O. The summed E-state index contributed by atoms with van der Waals surface area (Å²) >= 11 is 1.15. The molecule has 3 N–H and O–H groups in total. The molecule has 0 atom stereocenters. The third kappa shape index (κ3) is 4.49. The fourth-order valence-corrected chi connectivity index (χ4v) is 3.04. The van der Waals surface area contributed by atoms with Crippen molar-refractivity contribution in [3.8, 4) is 0 Å².